The minimum absolute atomic E-state index is 0.644. The van der Waals surface area contributed by atoms with E-state index in [1.54, 1.807) is 0 Å². The first-order valence-electron chi connectivity index (χ1n) is 24.5. The Hall–Kier alpha value is -9.57. The van der Waals surface area contributed by atoms with Crippen LogP contribution < -0.4 is 0 Å². The molecule has 336 valence electrons. The lowest BCUT2D eigenvalue weighted by atomic mass is 9.83. The molecular formula is C69H45N3. The fourth-order valence-corrected chi connectivity index (χ4v) is 10.5. The second kappa shape index (κ2) is 18.4. The summed E-state index contributed by atoms with van der Waals surface area (Å²) in [7, 11) is 0. The van der Waals surface area contributed by atoms with E-state index in [-0.39, 0.29) is 0 Å². The number of benzene rings is 11. The molecule has 0 fully saturated rings. The molecule has 0 spiro atoms. The maximum atomic E-state index is 5.67. The molecule has 3 nitrogen and oxygen atoms in total. The summed E-state index contributed by atoms with van der Waals surface area (Å²) in [6.07, 6.45) is 0. The minimum atomic E-state index is 0.644. The van der Waals surface area contributed by atoms with Crippen LogP contribution in [0.5, 0.6) is 0 Å². The van der Waals surface area contributed by atoms with Gasteiger partial charge in [-0.1, -0.05) is 249 Å². The molecule has 0 bridgehead atoms. The van der Waals surface area contributed by atoms with Crippen LogP contribution in [-0.2, 0) is 0 Å². The van der Waals surface area contributed by atoms with Gasteiger partial charge in [-0.05, 0) is 84.4 Å². The molecule has 2 aromatic heterocycles. The van der Waals surface area contributed by atoms with Gasteiger partial charge in [0, 0.05) is 44.5 Å². The van der Waals surface area contributed by atoms with Crippen molar-refractivity contribution < 1.29 is 0 Å². The van der Waals surface area contributed by atoms with Gasteiger partial charge in [0.25, 0.3) is 0 Å². The molecule has 0 unspecified atom stereocenters. The number of rotatable bonds is 9. The van der Waals surface area contributed by atoms with E-state index in [2.05, 4.69) is 267 Å². The van der Waals surface area contributed by atoms with Gasteiger partial charge in [0.15, 0.2) is 5.82 Å². The van der Waals surface area contributed by atoms with Crippen LogP contribution in [0.1, 0.15) is 0 Å². The Kier molecular flexibility index (Phi) is 10.9. The van der Waals surface area contributed by atoms with Crippen molar-refractivity contribution in [1.82, 2.24) is 15.0 Å². The summed E-state index contributed by atoms with van der Waals surface area (Å²) in [5.41, 5.74) is 17.3. The number of hydrogen-bond acceptors (Lipinski definition) is 3. The van der Waals surface area contributed by atoms with E-state index in [1.165, 1.54) is 32.3 Å². The van der Waals surface area contributed by atoms with Crippen molar-refractivity contribution in [3.05, 3.63) is 273 Å². The first-order chi connectivity index (χ1) is 35.7. The van der Waals surface area contributed by atoms with E-state index < -0.39 is 0 Å². The average Bonchev–Trinajstić information content (AvgIpc) is 3.47. The molecule has 13 aromatic rings. The number of aromatic nitrogens is 3. The van der Waals surface area contributed by atoms with Gasteiger partial charge in [-0.25, -0.2) is 15.0 Å². The summed E-state index contributed by atoms with van der Waals surface area (Å²) in [5, 5.41) is 7.56. The number of hydrogen-bond donors (Lipinski definition) is 0. The minimum Gasteiger partial charge on any atom is -0.246 e. The Labute approximate surface area is 419 Å². The fraction of sp³-hybridized carbons (Fsp3) is 0. The number of fused-ring (bicyclic) bond motifs is 6. The lowest BCUT2D eigenvalue weighted by Gasteiger charge is -2.23. The highest BCUT2D eigenvalue weighted by Gasteiger charge is 2.26. The van der Waals surface area contributed by atoms with Gasteiger partial charge in [0.05, 0.1) is 22.8 Å². The van der Waals surface area contributed by atoms with E-state index in [0.717, 1.165) is 95.1 Å². The smallest absolute Gasteiger partial charge is 0.160 e. The van der Waals surface area contributed by atoms with Crippen LogP contribution in [-0.4, -0.2) is 15.0 Å². The molecule has 0 saturated heterocycles. The average molecular weight is 916 g/mol. The van der Waals surface area contributed by atoms with Crippen LogP contribution in [0, 0.1) is 0 Å². The topological polar surface area (TPSA) is 38.7 Å². The highest BCUT2D eigenvalue weighted by Crippen LogP contribution is 2.49. The zero-order valence-electron chi connectivity index (χ0n) is 39.3. The summed E-state index contributed by atoms with van der Waals surface area (Å²) in [6, 6.07) is 97.0. The van der Waals surface area contributed by atoms with E-state index >= 15 is 0 Å². The first-order valence-corrected chi connectivity index (χ1v) is 24.5. The molecule has 13 rings (SSSR count). The van der Waals surface area contributed by atoms with Crippen LogP contribution in [0.3, 0.4) is 0 Å². The maximum absolute atomic E-state index is 5.67. The van der Waals surface area contributed by atoms with Crippen molar-refractivity contribution in [2.45, 2.75) is 0 Å². The molecule has 0 amide bonds. The van der Waals surface area contributed by atoms with Gasteiger partial charge in [0.1, 0.15) is 0 Å². The van der Waals surface area contributed by atoms with Crippen molar-refractivity contribution in [3.63, 3.8) is 0 Å². The highest BCUT2D eigenvalue weighted by molar-refractivity contribution is 6.25. The maximum Gasteiger partial charge on any atom is 0.160 e. The molecule has 11 aromatic carbocycles. The Morgan fingerprint density at radius 1 is 0.181 bits per heavy atom. The lowest BCUT2D eigenvalue weighted by Crippen LogP contribution is -2.02. The Morgan fingerprint density at radius 2 is 0.542 bits per heavy atom. The normalized spacial score (nSPS) is 11.3. The van der Waals surface area contributed by atoms with Crippen molar-refractivity contribution in [1.29, 1.82) is 0 Å². The molecule has 3 heteroatoms. The Balaban J connectivity index is 1.01. The van der Waals surface area contributed by atoms with Gasteiger partial charge < -0.3 is 0 Å². The third-order valence-electron chi connectivity index (χ3n) is 13.9. The molecule has 0 saturated carbocycles. The highest BCUT2D eigenvalue weighted by atomic mass is 14.9. The van der Waals surface area contributed by atoms with Crippen molar-refractivity contribution in [2.24, 2.45) is 0 Å². The van der Waals surface area contributed by atoms with Gasteiger partial charge >= 0.3 is 0 Å². The third-order valence-corrected chi connectivity index (χ3v) is 13.9. The molecule has 0 aliphatic heterocycles. The molecule has 0 radical (unpaired) electrons. The zero-order valence-corrected chi connectivity index (χ0v) is 39.3. The Bertz CT molecular complexity index is 3980. The predicted octanol–water partition coefficient (Wildman–Crippen LogP) is 18.3. The SMILES string of the molecule is c1ccc(-c2cc(-c3cccc(-c4ccc5c6ccccc6c6ccccc6c5c4)c3)nc(-c3cccc(-c4c(-c5ccccc5)c(-c5ccccc5)nc(-c5ccccc5)c4-c4ccccc4)c3)n2)cc1. The Morgan fingerprint density at radius 3 is 1.07 bits per heavy atom. The third kappa shape index (κ3) is 7.80. The van der Waals surface area contributed by atoms with Crippen molar-refractivity contribution in [3.8, 4) is 101 Å². The molecule has 0 aliphatic carbocycles. The second-order valence-electron chi connectivity index (χ2n) is 18.2. The molecule has 2 heterocycles. The van der Waals surface area contributed by atoms with E-state index in [9.17, 15) is 0 Å². The van der Waals surface area contributed by atoms with Gasteiger partial charge in [-0.15, -0.1) is 0 Å². The van der Waals surface area contributed by atoms with Gasteiger partial charge in [-0.3, -0.25) is 0 Å². The lowest BCUT2D eigenvalue weighted by molar-refractivity contribution is 1.18. The van der Waals surface area contributed by atoms with Crippen LogP contribution in [0.2, 0.25) is 0 Å². The van der Waals surface area contributed by atoms with Crippen LogP contribution in [0.25, 0.3) is 133 Å². The summed E-state index contributed by atoms with van der Waals surface area (Å²) in [6.45, 7) is 0. The second-order valence-corrected chi connectivity index (χ2v) is 18.2. The number of pyridine rings is 1. The largest absolute Gasteiger partial charge is 0.246 e. The molecule has 0 aliphatic rings. The summed E-state index contributed by atoms with van der Waals surface area (Å²) >= 11 is 0. The monoisotopic (exact) mass is 915 g/mol. The molecule has 72 heavy (non-hydrogen) atoms. The van der Waals surface area contributed by atoms with Crippen LogP contribution in [0.15, 0.2) is 273 Å². The summed E-state index contributed by atoms with van der Waals surface area (Å²) < 4.78 is 0. The van der Waals surface area contributed by atoms with E-state index in [0.29, 0.717) is 5.82 Å². The zero-order chi connectivity index (χ0) is 47.8. The van der Waals surface area contributed by atoms with E-state index in [4.69, 9.17) is 15.0 Å². The predicted molar refractivity (Wildman–Crippen MR) is 301 cm³/mol. The van der Waals surface area contributed by atoms with Crippen LogP contribution in [0.4, 0.5) is 0 Å². The van der Waals surface area contributed by atoms with Gasteiger partial charge in [-0.2, -0.15) is 0 Å². The number of nitrogens with zero attached hydrogens (tertiary/aromatic N) is 3. The summed E-state index contributed by atoms with van der Waals surface area (Å²) in [5.74, 6) is 0.644. The van der Waals surface area contributed by atoms with Gasteiger partial charge in [0.2, 0.25) is 0 Å². The quantitative estimate of drug-likeness (QED) is 0.135. The van der Waals surface area contributed by atoms with Crippen LogP contribution >= 0.6 is 0 Å². The summed E-state index contributed by atoms with van der Waals surface area (Å²) in [4.78, 5) is 16.5. The first kappa shape index (κ1) is 42.5. The molecule has 0 N–H and O–H groups in total. The standard InChI is InChI=1S/C69H45N3/c1-6-22-46(23-7-1)62-45-63(53-33-20-32-51(42-53)52-40-41-60-58-38-17-16-36-56(58)57-37-18-19-39-59(57)61(60)44-52)71-69(70-62)55-35-21-34-54(43-55)64-65(47-24-8-2-9-25-47)67(49-28-12-4-13-29-49)72-68(50-30-14-5-15-31-50)66(64)48-26-10-3-11-27-48/h1-45H. The fourth-order valence-electron chi connectivity index (χ4n) is 10.5. The molecular weight excluding hydrogens is 871 g/mol. The molecule has 0 atom stereocenters. The van der Waals surface area contributed by atoms with Crippen molar-refractivity contribution >= 4 is 32.3 Å². The van der Waals surface area contributed by atoms with E-state index in [1.807, 2.05) is 6.07 Å². The van der Waals surface area contributed by atoms with Crippen molar-refractivity contribution in [2.75, 3.05) is 0 Å².